The normalized spacial score (nSPS) is 19.4. The summed E-state index contributed by atoms with van der Waals surface area (Å²) in [6.45, 7) is 7.15. The predicted octanol–water partition coefficient (Wildman–Crippen LogP) is 2.79. The highest BCUT2D eigenvalue weighted by molar-refractivity contribution is 5.05. The number of nitrogens with two attached hydrogens (primary N) is 1. The molecule has 1 atom stereocenters. The molecule has 1 aliphatic carbocycles. The Bertz CT molecular complexity index is 377. The van der Waals surface area contributed by atoms with Gasteiger partial charge in [-0.05, 0) is 25.7 Å². The molecule has 0 aromatic carbocycles. The van der Waals surface area contributed by atoms with E-state index in [1.807, 2.05) is 0 Å². The van der Waals surface area contributed by atoms with Crippen molar-refractivity contribution in [3.8, 4) is 0 Å². The van der Waals surface area contributed by atoms with Gasteiger partial charge in [-0.15, -0.1) is 10.2 Å². The van der Waals surface area contributed by atoms with Crippen molar-refractivity contribution >= 4 is 0 Å². The van der Waals surface area contributed by atoms with Gasteiger partial charge in [0.05, 0.1) is 0 Å². The average molecular weight is 250 g/mol. The fraction of sp³-hybridized carbons (Fsp3) is 0.857. The Hall–Kier alpha value is -0.900. The van der Waals surface area contributed by atoms with Crippen molar-refractivity contribution < 1.29 is 0 Å². The molecule has 4 nitrogen and oxygen atoms in total. The van der Waals surface area contributed by atoms with Crippen LogP contribution in [-0.4, -0.2) is 21.3 Å². The third-order valence-electron chi connectivity index (χ3n) is 4.22. The molecule has 0 aliphatic heterocycles. The first-order valence-electron chi connectivity index (χ1n) is 7.26. The van der Waals surface area contributed by atoms with Gasteiger partial charge >= 0.3 is 0 Å². The molecule has 1 aromatic heterocycles. The molecule has 2 N–H and O–H groups in total. The van der Waals surface area contributed by atoms with Crippen LogP contribution in [-0.2, 0) is 0 Å². The van der Waals surface area contributed by atoms with E-state index < -0.39 is 0 Å². The predicted molar refractivity (Wildman–Crippen MR) is 73.5 cm³/mol. The molecule has 0 saturated heterocycles. The second kappa shape index (κ2) is 5.83. The molecule has 2 rings (SSSR count). The van der Waals surface area contributed by atoms with Crippen LogP contribution in [0.3, 0.4) is 0 Å². The Labute approximate surface area is 110 Å². The van der Waals surface area contributed by atoms with Gasteiger partial charge in [-0.3, -0.25) is 0 Å². The Balaban J connectivity index is 2.30. The molecule has 1 unspecified atom stereocenters. The third kappa shape index (κ3) is 2.58. The summed E-state index contributed by atoms with van der Waals surface area (Å²) < 4.78 is 2.37. The van der Waals surface area contributed by atoms with E-state index in [0.29, 0.717) is 24.4 Å². The van der Waals surface area contributed by atoms with Gasteiger partial charge in [0.15, 0.2) is 0 Å². The molecule has 0 radical (unpaired) electrons. The first-order chi connectivity index (χ1) is 8.65. The zero-order chi connectivity index (χ0) is 13.1. The lowest BCUT2D eigenvalue weighted by Crippen LogP contribution is -2.25. The van der Waals surface area contributed by atoms with Gasteiger partial charge in [0.1, 0.15) is 11.6 Å². The lowest BCUT2D eigenvalue weighted by Gasteiger charge is -2.28. The van der Waals surface area contributed by atoms with Gasteiger partial charge in [0.2, 0.25) is 0 Å². The van der Waals surface area contributed by atoms with Gasteiger partial charge in [0, 0.05) is 18.5 Å². The maximum Gasteiger partial charge on any atom is 0.137 e. The van der Waals surface area contributed by atoms with Crippen LogP contribution in [0.5, 0.6) is 0 Å². The fourth-order valence-electron chi connectivity index (χ4n) is 3.10. The summed E-state index contributed by atoms with van der Waals surface area (Å²) >= 11 is 0. The van der Waals surface area contributed by atoms with Crippen molar-refractivity contribution in [1.29, 1.82) is 0 Å². The summed E-state index contributed by atoms with van der Waals surface area (Å²) in [6.07, 6.45) is 6.56. The minimum atomic E-state index is 0.327. The van der Waals surface area contributed by atoms with Crippen LogP contribution < -0.4 is 5.73 Å². The zero-order valence-corrected chi connectivity index (χ0v) is 11.9. The van der Waals surface area contributed by atoms with Crippen LogP contribution in [0.25, 0.3) is 0 Å². The number of nitrogens with zero attached hydrogens (tertiary/aromatic N) is 3. The van der Waals surface area contributed by atoms with E-state index in [2.05, 4.69) is 35.5 Å². The topological polar surface area (TPSA) is 56.7 Å². The molecule has 18 heavy (non-hydrogen) atoms. The molecule has 1 saturated carbocycles. The number of hydrogen-bond acceptors (Lipinski definition) is 3. The molecule has 102 valence electrons. The molecule has 0 bridgehead atoms. The largest absolute Gasteiger partial charge is 0.330 e. The molecule has 4 heteroatoms. The van der Waals surface area contributed by atoms with Gasteiger partial charge in [0.25, 0.3) is 0 Å². The van der Waals surface area contributed by atoms with Crippen LogP contribution >= 0.6 is 0 Å². The lowest BCUT2D eigenvalue weighted by atomic mass is 9.92. The van der Waals surface area contributed by atoms with Crippen LogP contribution in [0.4, 0.5) is 0 Å². The maximum absolute atomic E-state index is 5.93. The highest BCUT2D eigenvalue weighted by Gasteiger charge is 2.26. The second-order valence-electron chi connectivity index (χ2n) is 5.85. The summed E-state index contributed by atoms with van der Waals surface area (Å²) in [7, 11) is 0. The zero-order valence-electron chi connectivity index (χ0n) is 11.9. The van der Waals surface area contributed by atoms with E-state index in [0.717, 1.165) is 11.6 Å². The summed E-state index contributed by atoms with van der Waals surface area (Å²) in [5.41, 5.74) is 5.93. The Morgan fingerprint density at radius 3 is 2.44 bits per heavy atom. The van der Waals surface area contributed by atoms with Gasteiger partial charge < -0.3 is 10.3 Å². The monoisotopic (exact) mass is 250 g/mol. The third-order valence-corrected chi connectivity index (χ3v) is 4.22. The smallest absolute Gasteiger partial charge is 0.137 e. The van der Waals surface area contributed by atoms with E-state index in [1.165, 1.54) is 32.1 Å². The highest BCUT2D eigenvalue weighted by atomic mass is 15.3. The van der Waals surface area contributed by atoms with E-state index in [9.17, 15) is 0 Å². The minimum Gasteiger partial charge on any atom is -0.330 e. The lowest BCUT2D eigenvalue weighted by molar-refractivity contribution is 0.327. The van der Waals surface area contributed by atoms with E-state index in [-0.39, 0.29) is 0 Å². The highest BCUT2D eigenvalue weighted by Crippen LogP contribution is 2.33. The summed E-state index contributed by atoms with van der Waals surface area (Å²) in [4.78, 5) is 0. The Morgan fingerprint density at radius 1 is 1.22 bits per heavy atom. The van der Waals surface area contributed by atoms with Gasteiger partial charge in [-0.2, -0.15) is 0 Å². The van der Waals surface area contributed by atoms with Gasteiger partial charge in [-0.1, -0.05) is 33.1 Å². The standard InChI is InChI=1S/C14H26N4/c1-10(2)13(9-15)14-17-16-11(3)18(14)12-7-5-4-6-8-12/h10,12-13H,4-9,15H2,1-3H3. The fourth-order valence-corrected chi connectivity index (χ4v) is 3.10. The first kappa shape index (κ1) is 13.5. The summed E-state index contributed by atoms with van der Waals surface area (Å²) in [6, 6.07) is 0.594. The van der Waals surface area contributed by atoms with Crippen molar-refractivity contribution in [1.82, 2.24) is 14.8 Å². The number of aryl methyl sites for hydroxylation is 1. The van der Waals surface area contributed by atoms with Gasteiger partial charge in [-0.25, -0.2) is 0 Å². The maximum atomic E-state index is 5.93. The number of aromatic nitrogens is 3. The Morgan fingerprint density at radius 2 is 1.89 bits per heavy atom. The van der Waals surface area contributed by atoms with E-state index in [1.54, 1.807) is 0 Å². The number of hydrogen-bond donors (Lipinski definition) is 1. The molecular weight excluding hydrogens is 224 g/mol. The van der Waals surface area contributed by atoms with Crippen LogP contribution in [0.1, 0.15) is 69.6 Å². The van der Waals surface area contributed by atoms with E-state index in [4.69, 9.17) is 5.73 Å². The molecule has 1 aromatic rings. The van der Waals surface area contributed by atoms with Crippen LogP contribution in [0.2, 0.25) is 0 Å². The molecule has 1 aliphatic rings. The molecule has 0 amide bonds. The quantitative estimate of drug-likeness (QED) is 0.894. The minimum absolute atomic E-state index is 0.327. The summed E-state index contributed by atoms with van der Waals surface area (Å²) in [5.74, 6) is 3.00. The van der Waals surface area contributed by atoms with E-state index >= 15 is 0 Å². The van der Waals surface area contributed by atoms with Crippen molar-refractivity contribution in [3.05, 3.63) is 11.6 Å². The molecular formula is C14H26N4. The van der Waals surface area contributed by atoms with Crippen molar-refractivity contribution in [2.45, 2.75) is 64.8 Å². The second-order valence-corrected chi connectivity index (χ2v) is 5.85. The number of rotatable bonds is 4. The average Bonchev–Trinajstić information content (AvgIpc) is 2.73. The SMILES string of the molecule is Cc1nnc(C(CN)C(C)C)n1C1CCCCC1. The van der Waals surface area contributed by atoms with Crippen LogP contribution in [0.15, 0.2) is 0 Å². The molecule has 0 spiro atoms. The summed E-state index contributed by atoms with van der Waals surface area (Å²) in [5, 5.41) is 8.72. The first-order valence-corrected chi connectivity index (χ1v) is 7.26. The van der Waals surface area contributed by atoms with Crippen molar-refractivity contribution in [2.24, 2.45) is 11.7 Å². The van der Waals surface area contributed by atoms with Crippen molar-refractivity contribution in [3.63, 3.8) is 0 Å². The van der Waals surface area contributed by atoms with Crippen LogP contribution in [0, 0.1) is 12.8 Å². The Kier molecular flexibility index (Phi) is 4.38. The molecule has 1 fully saturated rings. The molecule has 1 heterocycles. The van der Waals surface area contributed by atoms with Crippen molar-refractivity contribution in [2.75, 3.05) is 6.54 Å².